The van der Waals surface area contributed by atoms with E-state index in [-0.39, 0.29) is 0 Å². The normalized spacial score (nSPS) is 14.6. The van der Waals surface area contributed by atoms with Crippen molar-refractivity contribution in [3.05, 3.63) is 47.8 Å². The lowest BCUT2D eigenvalue weighted by Crippen LogP contribution is -2.30. The molecule has 2 rings (SSSR count). The predicted octanol–water partition coefficient (Wildman–Crippen LogP) is 1.60. The van der Waals surface area contributed by atoms with Crippen LogP contribution in [0.4, 0.5) is 4.39 Å². The van der Waals surface area contributed by atoms with Crippen LogP contribution < -0.4 is 0 Å². The summed E-state index contributed by atoms with van der Waals surface area (Å²) in [5.41, 5.74) is -0.178. The van der Waals surface area contributed by atoms with Crippen LogP contribution in [0.1, 0.15) is 24.7 Å². The molecule has 0 saturated heterocycles. The van der Waals surface area contributed by atoms with Crippen molar-refractivity contribution in [2.24, 2.45) is 7.05 Å². The van der Waals surface area contributed by atoms with Crippen LogP contribution in [0, 0.1) is 5.82 Å². The van der Waals surface area contributed by atoms with E-state index in [0.29, 0.717) is 17.8 Å². The highest BCUT2D eigenvalue weighted by Gasteiger charge is 2.33. The summed E-state index contributed by atoms with van der Waals surface area (Å²) in [4.78, 5) is 3.95. The molecule has 0 saturated carbocycles. The molecule has 0 fully saturated rings. The number of nitrogens with zero attached hydrogens (tertiary/aromatic N) is 3. The fourth-order valence-electron chi connectivity index (χ4n) is 1.89. The third-order valence-electron chi connectivity index (χ3n) is 2.91. The lowest BCUT2D eigenvalue weighted by Gasteiger charge is -2.26. The highest BCUT2D eigenvalue weighted by atomic mass is 19.1. The first-order chi connectivity index (χ1) is 8.08. The van der Waals surface area contributed by atoms with Crippen molar-refractivity contribution in [3.8, 4) is 0 Å². The zero-order valence-electron chi connectivity index (χ0n) is 9.76. The molecular formula is C12H14FN3O. The van der Waals surface area contributed by atoms with Crippen LogP contribution in [0.2, 0.25) is 0 Å². The minimum Gasteiger partial charge on any atom is -0.377 e. The van der Waals surface area contributed by atoms with Gasteiger partial charge in [0.05, 0.1) is 17.6 Å². The standard InChI is InChI=1S/C12H14FN3O/c1-3-12(17,11-6-7-15-16(11)2)10-5-4-9(13)8-14-10/h4-8,17H,3H2,1-2H3. The predicted molar refractivity (Wildman–Crippen MR) is 60.7 cm³/mol. The van der Waals surface area contributed by atoms with Gasteiger partial charge in [0.25, 0.3) is 0 Å². The van der Waals surface area contributed by atoms with Gasteiger partial charge in [0.2, 0.25) is 0 Å². The maximum absolute atomic E-state index is 12.8. The van der Waals surface area contributed by atoms with Gasteiger partial charge in [-0.2, -0.15) is 5.10 Å². The molecule has 0 aliphatic rings. The second-order valence-electron chi connectivity index (χ2n) is 3.92. The van der Waals surface area contributed by atoms with E-state index in [1.807, 2.05) is 6.92 Å². The van der Waals surface area contributed by atoms with E-state index < -0.39 is 11.4 Å². The molecule has 1 atom stereocenters. The maximum Gasteiger partial charge on any atom is 0.147 e. The molecule has 1 unspecified atom stereocenters. The number of rotatable bonds is 3. The minimum atomic E-state index is -1.24. The number of aliphatic hydroxyl groups is 1. The summed E-state index contributed by atoms with van der Waals surface area (Å²) in [7, 11) is 1.75. The van der Waals surface area contributed by atoms with Crippen LogP contribution in [0.15, 0.2) is 30.6 Å². The van der Waals surface area contributed by atoms with E-state index in [1.165, 1.54) is 12.1 Å². The van der Waals surface area contributed by atoms with E-state index in [2.05, 4.69) is 10.1 Å². The molecule has 0 spiro atoms. The summed E-state index contributed by atoms with van der Waals surface area (Å²) < 4.78 is 14.4. The SMILES string of the molecule is CCC(O)(c1ccc(F)cn1)c1ccnn1C. The third-order valence-corrected chi connectivity index (χ3v) is 2.91. The van der Waals surface area contributed by atoms with E-state index in [4.69, 9.17) is 0 Å². The number of halogens is 1. The molecule has 0 aliphatic heterocycles. The molecule has 0 aliphatic carbocycles. The van der Waals surface area contributed by atoms with Crippen molar-refractivity contribution in [2.75, 3.05) is 0 Å². The monoisotopic (exact) mass is 235 g/mol. The van der Waals surface area contributed by atoms with Crippen molar-refractivity contribution < 1.29 is 9.50 Å². The summed E-state index contributed by atoms with van der Waals surface area (Å²) in [5, 5.41) is 14.7. The molecule has 17 heavy (non-hydrogen) atoms. The Labute approximate surface area is 98.7 Å². The Morgan fingerprint density at radius 1 is 1.41 bits per heavy atom. The van der Waals surface area contributed by atoms with Crippen LogP contribution in [0.25, 0.3) is 0 Å². The van der Waals surface area contributed by atoms with Crippen LogP contribution in [0.5, 0.6) is 0 Å². The van der Waals surface area contributed by atoms with Gasteiger partial charge in [-0.05, 0) is 24.6 Å². The molecular weight excluding hydrogens is 221 g/mol. The number of hydrogen-bond donors (Lipinski definition) is 1. The van der Waals surface area contributed by atoms with E-state index in [1.54, 1.807) is 24.0 Å². The minimum absolute atomic E-state index is 0.419. The molecule has 2 heterocycles. The largest absolute Gasteiger partial charge is 0.377 e. The van der Waals surface area contributed by atoms with Crippen LogP contribution >= 0.6 is 0 Å². The van der Waals surface area contributed by atoms with Gasteiger partial charge in [-0.3, -0.25) is 9.67 Å². The highest BCUT2D eigenvalue weighted by molar-refractivity contribution is 5.26. The van der Waals surface area contributed by atoms with Crippen molar-refractivity contribution >= 4 is 0 Å². The molecule has 4 nitrogen and oxygen atoms in total. The second-order valence-corrected chi connectivity index (χ2v) is 3.92. The van der Waals surface area contributed by atoms with Crippen molar-refractivity contribution in [1.29, 1.82) is 0 Å². The summed E-state index contributed by atoms with van der Waals surface area (Å²) >= 11 is 0. The first-order valence-electron chi connectivity index (χ1n) is 5.41. The molecule has 0 aromatic carbocycles. The zero-order chi connectivity index (χ0) is 12.5. The average molecular weight is 235 g/mol. The van der Waals surface area contributed by atoms with Gasteiger partial charge in [0, 0.05) is 13.2 Å². The second kappa shape index (κ2) is 4.25. The smallest absolute Gasteiger partial charge is 0.147 e. The summed E-state index contributed by atoms with van der Waals surface area (Å²) in [5.74, 6) is -0.419. The van der Waals surface area contributed by atoms with Crippen LogP contribution in [-0.2, 0) is 12.6 Å². The van der Waals surface area contributed by atoms with Crippen molar-refractivity contribution in [3.63, 3.8) is 0 Å². The van der Waals surface area contributed by atoms with E-state index in [0.717, 1.165) is 6.20 Å². The molecule has 1 N–H and O–H groups in total. The van der Waals surface area contributed by atoms with Gasteiger partial charge in [-0.1, -0.05) is 6.92 Å². The molecule has 5 heteroatoms. The Balaban J connectivity index is 2.51. The molecule has 90 valence electrons. The van der Waals surface area contributed by atoms with Crippen LogP contribution in [0.3, 0.4) is 0 Å². The zero-order valence-corrected chi connectivity index (χ0v) is 9.76. The Kier molecular flexibility index (Phi) is 2.93. The first-order valence-corrected chi connectivity index (χ1v) is 5.41. The van der Waals surface area contributed by atoms with Crippen LogP contribution in [-0.4, -0.2) is 19.9 Å². The lowest BCUT2D eigenvalue weighted by molar-refractivity contribution is 0.0631. The highest BCUT2D eigenvalue weighted by Crippen LogP contribution is 2.30. The third kappa shape index (κ3) is 1.93. The van der Waals surface area contributed by atoms with Crippen molar-refractivity contribution in [1.82, 2.24) is 14.8 Å². The molecule has 2 aromatic heterocycles. The molecule has 0 radical (unpaired) electrons. The summed E-state index contributed by atoms with van der Waals surface area (Å²) in [6.45, 7) is 1.85. The number of aryl methyl sites for hydroxylation is 1. The van der Waals surface area contributed by atoms with Gasteiger partial charge in [-0.15, -0.1) is 0 Å². The quantitative estimate of drug-likeness (QED) is 0.879. The lowest BCUT2D eigenvalue weighted by atomic mass is 9.92. The van der Waals surface area contributed by atoms with Gasteiger partial charge < -0.3 is 5.11 Å². The Hall–Kier alpha value is -1.75. The van der Waals surface area contributed by atoms with Crippen molar-refractivity contribution in [2.45, 2.75) is 18.9 Å². The van der Waals surface area contributed by atoms with Gasteiger partial charge in [-0.25, -0.2) is 4.39 Å². The van der Waals surface area contributed by atoms with Gasteiger partial charge >= 0.3 is 0 Å². The molecule has 0 bridgehead atoms. The summed E-state index contributed by atoms with van der Waals surface area (Å²) in [6.07, 6.45) is 3.15. The van der Waals surface area contributed by atoms with E-state index in [9.17, 15) is 9.50 Å². The Morgan fingerprint density at radius 3 is 2.65 bits per heavy atom. The maximum atomic E-state index is 12.8. The van der Waals surface area contributed by atoms with Gasteiger partial charge in [0.15, 0.2) is 0 Å². The number of hydrogen-bond acceptors (Lipinski definition) is 3. The Bertz CT molecular complexity index is 509. The molecule has 2 aromatic rings. The number of pyridine rings is 1. The average Bonchev–Trinajstić information content (AvgIpc) is 2.76. The fraction of sp³-hybridized carbons (Fsp3) is 0.333. The summed E-state index contributed by atoms with van der Waals surface area (Å²) in [6, 6.07) is 4.51. The number of aromatic nitrogens is 3. The van der Waals surface area contributed by atoms with Gasteiger partial charge in [0.1, 0.15) is 11.4 Å². The topological polar surface area (TPSA) is 50.9 Å². The van der Waals surface area contributed by atoms with E-state index >= 15 is 0 Å². The molecule has 0 amide bonds. The first kappa shape index (κ1) is 11.7. The Morgan fingerprint density at radius 2 is 2.18 bits per heavy atom. The fourth-order valence-corrected chi connectivity index (χ4v) is 1.89.